The normalized spacial score (nSPS) is 13.4. The number of alkyl carbamates (subject to hydrolysis) is 1. The van der Waals surface area contributed by atoms with E-state index in [1.807, 2.05) is 36.4 Å². The number of aromatic amines is 1. The highest BCUT2D eigenvalue weighted by molar-refractivity contribution is 5.79. The van der Waals surface area contributed by atoms with Crippen molar-refractivity contribution in [1.29, 1.82) is 0 Å². The molecule has 28 heavy (non-hydrogen) atoms. The Kier molecular flexibility index (Phi) is 4.85. The molecule has 1 aliphatic carbocycles. The van der Waals surface area contributed by atoms with Crippen LogP contribution in [0.15, 0.2) is 66.9 Å². The summed E-state index contributed by atoms with van der Waals surface area (Å²) in [6.07, 6.45) is 0.816. The zero-order valence-corrected chi connectivity index (χ0v) is 15.1. The van der Waals surface area contributed by atoms with Crippen molar-refractivity contribution in [2.24, 2.45) is 0 Å². The molecule has 1 aliphatic rings. The summed E-state index contributed by atoms with van der Waals surface area (Å²) in [5.41, 5.74) is 5.19. The van der Waals surface area contributed by atoms with E-state index in [4.69, 9.17) is 9.84 Å². The molecule has 1 amide bonds. The van der Waals surface area contributed by atoms with Gasteiger partial charge >= 0.3 is 12.1 Å². The minimum absolute atomic E-state index is 0.0402. The number of carboxylic acids is 1. The Morgan fingerprint density at radius 2 is 1.64 bits per heavy atom. The lowest BCUT2D eigenvalue weighted by atomic mass is 9.98. The van der Waals surface area contributed by atoms with Crippen molar-refractivity contribution in [3.8, 4) is 11.1 Å². The van der Waals surface area contributed by atoms with Gasteiger partial charge in [-0.2, -0.15) is 0 Å². The van der Waals surface area contributed by atoms with Crippen molar-refractivity contribution in [3.63, 3.8) is 0 Å². The molecule has 3 aromatic rings. The van der Waals surface area contributed by atoms with Gasteiger partial charge in [-0.25, -0.2) is 4.79 Å². The Morgan fingerprint density at radius 3 is 2.21 bits per heavy atom. The molecule has 0 unspecified atom stereocenters. The monoisotopic (exact) mass is 376 g/mol. The Labute approximate surface area is 162 Å². The van der Waals surface area contributed by atoms with Gasteiger partial charge in [0.05, 0.1) is 12.5 Å². The number of nitrogens with one attached hydrogen (secondary N) is 2. The van der Waals surface area contributed by atoms with Crippen LogP contribution in [-0.2, 0) is 9.53 Å². The molecule has 1 atom stereocenters. The molecule has 4 rings (SSSR count). The average Bonchev–Trinajstić information content (AvgIpc) is 3.32. The van der Waals surface area contributed by atoms with Crippen LogP contribution in [0.1, 0.15) is 35.2 Å². The van der Waals surface area contributed by atoms with Gasteiger partial charge in [-0.05, 0) is 34.4 Å². The first-order valence-corrected chi connectivity index (χ1v) is 9.10. The van der Waals surface area contributed by atoms with Crippen LogP contribution in [-0.4, -0.2) is 28.8 Å². The number of hydrogen-bond acceptors (Lipinski definition) is 3. The molecule has 2 aromatic carbocycles. The third kappa shape index (κ3) is 3.49. The molecule has 0 spiro atoms. The van der Waals surface area contributed by atoms with Gasteiger partial charge in [-0.1, -0.05) is 48.5 Å². The number of fused-ring (bicyclic) bond motifs is 3. The third-order valence-electron chi connectivity index (χ3n) is 5.01. The summed E-state index contributed by atoms with van der Waals surface area (Å²) in [6.45, 7) is 0.185. The predicted molar refractivity (Wildman–Crippen MR) is 104 cm³/mol. The summed E-state index contributed by atoms with van der Waals surface area (Å²) in [7, 11) is 0. The fraction of sp³-hybridized carbons (Fsp3) is 0.182. The highest BCUT2D eigenvalue weighted by atomic mass is 16.5. The lowest BCUT2D eigenvalue weighted by Gasteiger charge is -2.18. The standard InChI is InChI=1S/C22H20N2O4/c25-21(26)12-20(19-10-5-11-23-19)24-22(27)28-13-18-16-8-3-1-6-14(16)15-7-2-4-9-17(15)18/h1-11,18,20,23H,12-13H2,(H,24,27)(H,25,26)/t20-/m0/s1. The fourth-order valence-electron chi connectivity index (χ4n) is 3.76. The number of carbonyl (C=O) groups excluding carboxylic acids is 1. The lowest BCUT2D eigenvalue weighted by Crippen LogP contribution is -2.31. The van der Waals surface area contributed by atoms with E-state index >= 15 is 0 Å². The highest BCUT2D eigenvalue weighted by Crippen LogP contribution is 2.44. The molecule has 0 fully saturated rings. The summed E-state index contributed by atoms with van der Waals surface area (Å²) in [6, 6.07) is 19.0. The molecule has 6 nitrogen and oxygen atoms in total. The van der Waals surface area contributed by atoms with E-state index in [0.717, 1.165) is 22.3 Å². The number of hydrogen-bond donors (Lipinski definition) is 3. The van der Waals surface area contributed by atoms with Gasteiger partial charge < -0.3 is 20.1 Å². The molecule has 1 aromatic heterocycles. The SMILES string of the molecule is O=C(O)C[C@H](NC(=O)OCC1c2ccccc2-c2ccccc21)c1ccc[nH]1. The van der Waals surface area contributed by atoms with Crippen molar-refractivity contribution in [3.05, 3.63) is 83.7 Å². The minimum atomic E-state index is -1.00. The molecule has 6 heteroatoms. The van der Waals surface area contributed by atoms with E-state index in [0.29, 0.717) is 5.69 Å². The van der Waals surface area contributed by atoms with Crippen LogP contribution in [0, 0.1) is 0 Å². The molecule has 0 radical (unpaired) electrons. The number of aliphatic carboxylic acids is 1. The van der Waals surface area contributed by atoms with Crippen LogP contribution < -0.4 is 5.32 Å². The van der Waals surface area contributed by atoms with Gasteiger partial charge in [0.25, 0.3) is 0 Å². The highest BCUT2D eigenvalue weighted by Gasteiger charge is 2.29. The van der Waals surface area contributed by atoms with Gasteiger partial charge in [0, 0.05) is 17.8 Å². The van der Waals surface area contributed by atoms with Crippen LogP contribution in [0.3, 0.4) is 0 Å². The van der Waals surface area contributed by atoms with E-state index in [1.165, 1.54) is 0 Å². The first kappa shape index (κ1) is 17.9. The van der Waals surface area contributed by atoms with Crippen molar-refractivity contribution in [2.45, 2.75) is 18.4 Å². The lowest BCUT2D eigenvalue weighted by molar-refractivity contribution is -0.137. The van der Waals surface area contributed by atoms with E-state index in [1.54, 1.807) is 18.3 Å². The topological polar surface area (TPSA) is 91.4 Å². The largest absolute Gasteiger partial charge is 0.481 e. The Bertz CT molecular complexity index is 952. The number of amides is 1. The second-order valence-electron chi connectivity index (χ2n) is 6.75. The second kappa shape index (κ2) is 7.60. The van der Waals surface area contributed by atoms with Gasteiger partial charge in [0.15, 0.2) is 0 Å². The number of aromatic nitrogens is 1. The van der Waals surface area contributed by atoms with E-state index < -0.39 is 18.1 Å². The number of rotatable bonds is 6. The van der Waals surface area contributed by atoms with Gasteiger partial charge in [-0.3, -0.25) is 4.79 Å². The first-order chi connectivity index (χ1) is 13.6. The van der Waals surface area contributed by atoms with Crippen LogP contribution in [0.2, 0.25) is 0 Å². The number of benzene rings is 2. The Morgan fingerprint density at radius 1 is 1.00 bits per heavy atom. The van der Waals surface area contributed by atoms with Crippen LogP contribution in [0.5, 0.6) is 0 Å². The van der Waals surface area contributed by atoms with Crippen molar-refractivity contribution in [1.82, 2.24) is 10.3 Å². The Balaban J connectivity index is 1.47. The number of carboxylic acid groups (broad SMARTS) is 1. The summed E-state index contributed by atoms with van der Waals surface area (Å²) >= 11 is 0. The first-order valence-electron chi connectivity index (χ1n) is 9.10. The van der Waals surface area contributed by atoms with Gasteiger partial charge in [-0.15, -0.1) is 0 Å². The summed E-state index contributed by atoms with van der Waals surface area (Å²) in [4.78, 5) is 26.4. The van der Waals surface area contributed by atoms with Crippen LogP contribution in [0.4, 0.5) is 4.79 Å². The molecular weight excluding hydrogens is 356 g/mol. The Hall–Kier alpha value is -3.54. The molecule has 3 N–H and O–H groups in total. The number of carbonyl (C=O) groups is 2. The number of ether oxygens (including phenoxy) is 1. The number of H-pyrrole nitrogens is 1. The zero-order valence-electron chi connectivity index (χ0n) is 15.1. The second-order valence-corrected chi connectivity index (χ2v) is 6.75. The molecule has 0 saturated carbocycles. The fourth-order valence-corrected chi connectivity index (χ4v) is 3.76. The molecule has 1 heterocycles. The maximum absolute atomic E-state index is 12.4. The molecule has 0 saturated heterocycles. The maximum Gasteiger partial charge on any atom is 0.407 e. The summed E-state index contributed by atoms with van der Waals surface area (Å²) in [5.74, 6) is -1.04. The smallest absolute Gasteiger partial charge is 0.407 e. The van der Waals surface area contributed by atoms with Crippen LogP contribution >= 0.6 is 0 Å². The van der Waals surface area contributed by atoms with Crippen molar-refractivity contribution < 1.29 is 19.4 Å². The average molecular weight is 376 g/mol. The van der Waals surface area contributed by atoms with Gasteiger partial charge in [0.1, 0.15) is 6.61 Å². The van der Waals surface area contributed by atoms with Gasteiger partial charge in [0.2, 0.25) is 0 Å². The van der Waals surface area contributed by atoms with E-state index in [2.05, 4.69) is 22.4 Å². The summed E-state index contributed by atoms with van der Waals surface area (Å²) in [5, 5.41) is 11.8. The molecule has 142 valence electrons. The van der Waals surface area contributed by atoms with E-state index in [-0.39, 0.29) is 18.9 Å². The zero-order chi connectivity index (χ0) is 19.5. The van der Waals surface area contributed by atoms with Crippen molar-refractivity contribution >= 4 is 12.1 Å². The maximum atomic E-state index is 12.4. The quantitative estimate of drug-likeness (QED) is 0.605. The predicted octanol–water partition coefficient (Wildman–Crippen LogP) is 4.07. The third-order valence-corrected chi connectivity index (χ3v) is 5.01. The van der Waals surface area contributed by atoms with Crippen LogP contribution in [0.25, 0.3) is 11.1 Å². The molecule has 0 bridgehead atoms. The van der Waals surface area contributed by atoms with E-state index in [9.17, 15) is 9.59 Å². The molecule has 0 aliphatic heterocycles. The molecular formula is C22H20N2O4. The van der Waals surface area contributed by atoms with Crippen molar-refractivity contribution in [2.75, 3.05) is 6.61 Å². The minimum Gasteiger partial charge on any atom is -0.481 e. The summed E-state index contributed by atoms with van der Waals surface area (Å²) < 4.78 is 5.49.